The summed E-state index contributed by atoms with van der Waals surface area (Å²) in [5.74, 6) is 10.0. The van der Waals surface area contributed by atoms with Crippen molar-refractivity contribution in [3.63, 3.8) is 0 Å². The molecule has 0 aliphatic heterocycles. The predicted octanol–water partition coefficient (Wildman–Crippen LogP) is 3.47. The van der Waals surface area contributed by atoms with Crippen LogP contribution < -0.4 is 11.3 Å². The lowest BCUT2D eigenvalue weighted by atomic mass is 9.72. The molecule has 0 spiro atoms. The van der Waals surface area contributed by atoms with Gasteiger partial charge < -0.3 is 4.42 Å². The van der Waals surface area contributed by atoms with Crippen molar-refractivity contribution < 1.29 is 4.42 Å². The smallest absolute Gasteiger partial charge is 0.105 e. The fourth-order valence-corrected chi connectivity index (χ4v) is 3.33. The SMILES string of the molecule is Cc1cc(C(NN)C2CCC(C)C(C)C2)c(C)o1. The van der Waals surface area contributed by atoms with Crippen molar-refractivity contribution in [3.8, 4) is 0 Å². The topological polar surface area (TPSA) is 51.2 Å². The second-order valence-corrected chi connectivity index (χ2v) is 6.04. The summed E-state index contributed by atoms with van der Waals surface area (Å²) in [6.07, 6.45) is 3.81. The van der Waals surface area contributed by atoms with E-state index < -0.39 is 0 Å². The Balaban J connectivity index is 2.16. The maximum atomic E-state index is 5.80. The van der Waals surface area contributed by atoms with Gasteiger partial charge in [-0.2, -0.15) is 0 Å². The Kier molecular flexibility index (Phi) is 4.13. The minimum Gasteiger partial charge on any atom is -0.466 e. The number of furan rings is 1. The Morgan fingerprint density at radius 1 is 1.28 bits per heavy atom. The van der Waals surface area contributed by atoms with E-state index in [-0.39, 0.29) is 6.04 Å². The van der Waals surface area contributed by atoms with Crippen LogP contribution in [0.2, 0.25) is 0 Å². The summed E-state index contributed by atoms with van der Waals surface area (Å²) < 4.78 is 5.64. The number of aryl methyl sites for hydroxylation is 2. The van der Waals surface area contributed by atoms with Crippen LogP contribution in [0.15, 0.2) is 10.5 Å². The summed E-state index contributed by atoms with van der Waals surface area (Å²) in [7, 11) is 0. The molecular weight excluding hydrogens is 224 g/mol. The fourth-order valence-electron chi connectivity index (χ4n) is 3.33. The molecule has 0 radical (unpaired) electrons. The van der Waals surface area contributed by atoms with E-state index in [4.69, 9.17) is 10.3 Å². The molecule has 0 amide bonds. The van der Waals surface area contributed by atoms with E-state index in [1.54, 1.807) is 0 Å². The normalized spacial score (nSPS) is 30.4. The standard InChI is InChI=1S/C15H26N2O/c1-9-5-6-13(7-10(9)2)15(17-16)14-8-11(3)18-12(14)4/h8-10,13,15,17H,5-7,16H2,1-4H3. The highest BCUT2D eigenvalue weighted by atomic mass is 16.3. The van der Waals surface area contributed by atoms with Gasteiger partial charge in [-0.3, -0.25) is 11.3 Å². The summed E-state index contributed by atoms with van der Waals surface area (Å²) in [4.78, 5) is 0. The molecule has 3 heteroatoms. The van der Waals surface area contributed by atoms with Crippen molar-refractivity contribution in [2.45, 2.75) is 53.0 Å². The lowest BCUT2D eigenvalue weighted by molar-refractivity contribution is 0.170. The zero-order valence-corrected chi connectivity index (χ0v) is 12.0. The molecule has 1 aromatic rings. The number of rotatable bonds is 3. The summed E-state index contributed by atoms with van der Waals surface area (Å²) >= 11 is 0. The minimum atomic E-state index is 0.234. The minimum absolute atomic E-state index is 0.234. The number of hydrogen-bond acceptors (Lipinski definition) is 3. The van der Waals surface area contributed by atoms with Crippen LogP contribution in [0.4, 0.5) is 0 Å². The molecule has 2 rings (SSSR count). The maximum absolute atomic E-state index is 5.80. The number of nitrogens with one attached hydrogen (secondary N) is 1. The van der Waals surface area contributed by atoms with Crippen LogP contribution in [0, 0.1) is 31.6 Å². The number of hydrogen-bond donors (Lipinski definition) is 2. The zero-order chi connectivity index (χ0) is 13.3. The Labute approximate surface area is 110 Å². The molecule has 4 unspecified atom stereocenters. The van der Waals surface area contributed by atoms with E-state index >= 15 is 0 Å². The van der Waals surface area contributed by atoms with Gasteiger partial charge in [0.15, 0.2) is 0 Å². The first kappa shape index (κ1) is 13.6. The summed E-state index contributed by atoms with van der Waals surface area (Å²) in [5.41, 5.74) is 4.26. The van der Waals surface area contributed by atoms with Crippen molar-refractivity contribution >= 4 is 0 Å². The van der Waals surface area contributed by atoms with Crippen LogP contribution in [0.3, 0.4) is 0 Å². The number of hydrazine groups is 1. The van der Waals surface area contributed by atoms with Gasteiger partial charge in [-0.1, -0.05) is 20.3 Å². The molecule has 1 fully saturated rings. The Morgan fingerprint density at radius 2 is 2.00 bits per heavy atom. The monoisotopic (exact) mass is 250 g/mol. The highest BCUT2D eigenvalue weighted by molar-refractivity contribution is 5.24. The lowest BCUT2D eigenvalue weighted by Crippen LogP contribution is -2.37. The molecule has 1 aliphatic rings. The van der Waals surface area contributed by atoms with Crippen molar-refractivity contribution in [1.82, 2.24) is 5.43 Å². The van der Waals surface area contributed by atoms with E-state index in [1.807, 2.05) is 13.8 Å². The Bertz CT molecular complexity index is 399. The first-order valence-electron chi connectivity index (χ1n) is 7.06. The Morgan fingerprint density at radius 3 is 2.50 bits per heavy atom. The molecule has 3 N–H and O–H groups in total. The van der Waals surface area contributed by atoms with Crippen LogP contribution in [-0.2, 0) is 0 Å². The van der Waals surface area contributed by atoms with Gasteiger partial charge in [0.2, 0.25) is 0 Å². The first-order chi connectivity index (χ1) is 8.52. The molecule has 102 valence electrons. The summed E-state index contributed by atoms with van der Waals surface area (Å²) in [6, 6.07) is 2.36. The molecule has 1 aromatic heterocycles. The molecule has 1 saturated carbocycles. The van der Waals surface area contributed by atoms with Gasteiger partial charge in [-0.05, 0) is 50.5 Å². The van der Waals surface area contributed by atoms with Gasteiger partial charge in [0.05, 0.1) is 6.04 Å². The third kappa shape index (κ3) is 2.62. The predicted molar refractivity (Wildman–Crippen MR) is 73.9 cm³/mol. The molecular formula is C15H26N2O. The van der Waals surface area contributed by atoms with Gasteiger partial charge in [-0.25, -0.2) is 0 Å². The van der Waals surface area contributed by atoms with Crippen molar-refractivity contribution in [1.29, 1.82) is 0 Å². The third-order valence-corrected chi connectivity index (χ3v) is 4.70. The maximum Gasteiger partial charge on any atom is 0.105 e. The Hall–Kier alpha value is -0.800. The van der Waals surface area contributed by atoms with Crippen molar-refractivity contribution in [3.05, 3.63) is 23.2 Å². The zero-order valence-electron chi connectivity index (χ0n) is 12.0. The molecule has 1 aliphatic carbocycles. The average molecular weight is 250 g/mol. The molecule has 3 nitrogen and oxygen atoms in total. The van der Waals surface area contributed by atoms with Crippen LogP contribution in [0.1, 0.15) is 56.2 Å². The average Bonchev–Trinajstić information content (AvgIpc) is 2.64. The molecule has 0 saturated heterocycles. The summed E-state index contributed by atoms with van der Waals surface area (Å²) in [5, 5.41) is 0. The lowest BCUT2D eigenvalue weighted by Gasteiger charge is -2.36. The second-order valence-electron chi connectivity index (χ2n) is 6.04. The first-order valence-corrected chi connectivity index (χ1v) is 7.06. The van der Waals surface area contributed by atoms with Crippen LogP contribution >= 0.6 is 0 Å². The van der Waals surface area contributed by atoms with E-state index in [0.29, 0.717) is 5.92 Å². The molecule has 0 bridgehead atoms. The summed E-state index contributed by atoms with van der Waals surface area (Å²) in [6.45, 7) is 8.74. The molecule has 4 atom stereocenters. The van der Waals surface area contributed by atoms with Crippen LogP contribution in [0.25, 0.3) is 0 Å². The quantitative estimate of drug-likeness (QED) is 0.638. The second kappa shape index (κ2) is 5.45. The van der Waals surface area contributed by atoms with Crippen LogP contribution in [-0.4, -0.2) is 0 Å². The van der Waals surface area contributed by atoms with Crippen LogP contribution in [0.5, 0.6) is 0 Å². The third-order valence-electron chi connectivity index (χ3n) is 4.70. The van der Waals surface area contributed by atoms with Crippen molar-refractivity contribution in [2.75, 3.05) is 0 Å². The van der Waals surface area contributed by atoms with Gasteiger partial charge in [0, 0.05) is 5.56 Å². The van der Waals surface area contributed by atoms with Gasteiger partial charge >= 0.3 is 0 Å². The largest absolute Gasteiger partial charge is 0.466 e. The van der Waals surface area contributed by atoms with Crippen molar-refractivity contribution in [2.24, 2.45) is 23.6 Å². The highest BCUT2D eigenvalue weighted by Gasteiger charge is 2.32. The number of nitrogens with two attached hydrogens (primary N) is 1. The molecule has 18 heavy (non-hydrogen) atoms. The van der Waals surface area contributed by atoms with E-state index in [1.165, 1.54) is 24.8 Å². The van der Waals surface area contributed by atoms with Gasteiger partial charge in [0.1, 0.15) is 11.5 Å². The van der Waals surface area contributed by atoms with E-state index in [2.05, 4.69) is 25.3 Å². The molecule has 0 aromatic carbocycles. The van der Waals surface area contributed by atoms with Gasteiger partial charge in [-0.15, -0.1) is 0 Å². The highest BCUT2D eigenvalue weighted by Crippen LogP contribution is 2.40. The fraction of sp³-hybridized carbons (Fsp3) is 0.733. The van der Waals surface area contributed by atoms with E-state index in [0.717, 1.165) is 23.4 Å². The van der Waals surface area contributed by atoms with E-state index in [9.17, 15) is 0 Å². The molecule has 1 heterocycles. The van der Waals surface area contributed by atoms with Gasteiger partial charge in [0.25, 0.3) is 0 Å².